The molecule has 1 aromatic heterocycles. The number of ether oxygens (including phenoxy) is 2. The van der Waals surface area contributed by atoms with E-state index in [9.17, 15) is 18.0 Å². The second kappa shape index (κ2) is 12.9. The first-order valence-corrected chi connectivity index (χ1v) is 16.7. The predicted molar refractivity (Wildman–Crippen MR) is 167 cm³/mol. The summed E-state index contributed by atoms with van der Waals surface area (Å²) in [5.41, 5.74) is 1.31. The van der Waals surface area contributed by atoms with Gasteiger partial charge in [0.2, 0.25) is 9.84 Å². The van der Waals surface area contributed by atoms with Gasteiger partial charge in [0, 0.05) is 41.8 Å². The number of hydrogen-bond donors (Lipinski definition) is 2. The molecule has 2 aliphatic heterocycles. The monoisotopic (exact) mass is 632 g/mol. The Kier molecular flexibility index (Phi) is 8.76. The number of hydrogen-bond acceptors (Lipinski definition) is 9. The fourth-order valence-electron chi connectivity index (χ4n) is 5.26. The molecule has 0 bridgehead atoms. The van der Waals surface area contributed by atoms with Crippen molar-refractivity contribution in [2.24, 2.45) is 0 Å². The van der Waals surface area contributed by atoms with Crippen molar-refractivity contribution in [1.29, 1.82) is 0 Å². The smallest absolute Gasteiger partial charge is 0.257 e. The molecule has 0 aliphatic carbocycles. The lowest BCUT2D eigenvalue weighted by atomic mass is 10.1. The number of rotatable bonds is 9. The molecule has 0 spiro atoms. The number of nitrogens with one attached hydrogen (secondary N) is 2. The van der Waals surface area contributed by atoms with Gasteiger partial charge in [-0.2, -0.15) is 0 Å². The van der Waals surface area contributed by atoms with Crippen molar-refractivity contribution >= 4 is 38.7 Å². The molecular weight excluding hydrogens is 601 g/mol. The summed E-state index contributed by atoms with van der Waals surface area (Å²) in [5, 5.41) is 6.31. The lowest BCUT2D eigenvalue weighted by molar-refractivity contribution is -0.0193. The van der Waals surface area contributed by atoms with Crippen LogP contribution in [0.25, 0.3) is 10.6 Å². The number of benzene rings is 3. The van der Waals surface area contributed by atoms with Crippen LogP contribution in [0.4, 0.5) is 5.69 Å². The molecule has 10 nitrogen and oxygen atoms in total. The summed E-state index contributed by atoms with van der Waals surface area (Å²) >= 11 is 1.47. The zero-order chi connectivity index (χ0) is 30.7. The van der Waals surface area contributed by atoms with Crippen LogP contribution < -0.4 is 15.4 Å². The molecule has 3 aromatic carbocycles. The molecule has 0 saturated carbocycles. The first-order chi connectivity index (χ1) is 21.3. The molecule has 1 atom stereocenters. The number of sulfone groups is 1. The van der Waals surface area contributed by atoms with Gasteiger partial charge in [0.15, 0.2) is 0 Å². The van der Waals surface area contributed by atoms with Gasteiger partial charge in [-0.1, -0.05) is 12.1 Å². The number of fused-ring (bicyclic) bond motifs is 2. The van der Waals surface area contributed by atoms with Gasteiger partial charge in [0.1, 0.15) is 10.8 Å². The Balaban J connectivity index is 1.03. The van der Waals surface area contributed by atoms with Crippen LogP contribution in [-0.2, 0) is 21.1 Å². The molecule has 0 unspecified atom stereocenters. The number of morpholine rings is 1. The van der Waals surface area contributed by atoms with Gasteiger partial charge in [-0.15, -0.1) is 11.3 Å². The summed E-state index contributed by atoms with van der Waals surface area (Å²) in [6.07, 6.45) is 2.95. The zero-order valence-corrected chi connectivity index (χ0v) is 25.7. The predicted octanol–water partition coefficient (Wildman–Crippen LogP) is 4.63. The fraction of sp³-hybridized carbons (Fsp3) is 0.281. The third-order valence-electron chi connectivity index (χ3n) is 7.49. The summed E-state index contributed by atoms with van der Waals surface area (Å²) in [4.78, 5) is 33.3. The van der Waals surface area contributed by atoms with Crippen LogP contribution in [0, 0.1) is 0 Å². The SMILES string of the molecule is C[C@H]1CN(CCCOc2ccc(-c3ncc(CNC(=O)c4ccc5c(c4)NC(=O)c4ccccc4S5(=O)=O)s3)cc2)CCO1. The minimum Gasteiger partial charge on any atom is -0.494 e. The summed E-state index contributed by atoms with van der Waals surface area (Å²) in [5.74, 6) is -0.140. The first kappa shape index (κ1) is 29.9. The van der Waals surface area contributed by atoms with E-state index in [1.165, 1.54) is 41.7 Å². The van der Waals surface area contributed by atoms with E-state index in [-0.39, 0.29) is 39.3 Å². The van der Waals surface area contributed by atoms with Crippen molar-refractivity contribution in [1.82, 2.24) is 15.2 Å². The number of nitrogens with zero attached hydrogens (tertiary/aromatic N) is 2. The Morgan fingerprint density at radius 2 is 1.95 bits per heavy atom. The van der Waals surface area contributed by atoms with Crippen LogP contribution in [0.5, 0.6) is 5.75 Å². The molecule has 2 aliphatic rings. The maximum absolute atomic E-state index is 13.2. The Labute approximate surface area is 260 Å². The first-order valence-electron chi connectivity index (χ1n) is 14.4. The van der Waals surface area contributed by atoms with E-state index in [2.05, 4.69) is 27.4 Å². The number of carbonyl (C=O) groups excluding carboxylic acids is 2. The number of aromatic nitrogens is 1. The van der Waals surface area contributed by atoms with E-state index < -0.39 is 21.7 Å². The van der Waals surface area contributed by atoms with Crippen LogP contribution in [0.1, 0.15) is 38.9 Å². The second-order valence-corrected chi connectivity index (χ2v) is 13.7. The van der Waals surface area contributed by atoms with E-state index in [4.69, 9.17) is 9.47 Å². The van der Waals surface area contributed by atoms with E-state index in [0.717, 1.165) is 53.9 Å². The van der Waals surface area contributed by atoms with Crippen molar-refractivity contribution in [2.45, 2.75) is 35.8 Å². The Morgan fingerprint density at radius 3 is 2.77 bits per heavy atom. The van der Waals surface area contributed by atoms with Crippen molar-refractivity contribution in [3.63, 3.8) is 0 Å². The van der Waals surface area contributed by atoms with Crippen LogP contribution in [-0.4, -0.2) is 69.1 Å². The van der Waals surface area contributed by atoms with Gasteiger partial charge in [-0.05, 0) is 67.9 Å². The highest BCUT2D eigenvalue weighted by Crippen LogP contribution is 2.34. The average Bonchev–Trinajstić information content (AvgIpc) is 3.48. The third kappa shape index (κ3) is 6.53. The number of carbonyl (C=O) groups is 2. The van der Waals surface area contributed by atoms with Gasteiger partial charge in [0.05, 0.1) is 46.9 Å². The minimum atomic E-state index is -3.94. The minimum absolute atomic E-state index is 0.0569. The zero-order valence-electron chi connectivity index (χ0n) is 24.1. The fourth-order valence-corrected chi connectivity index (χ4v) is 7.71. The molecule has 6 rings (SSSR count). The highest BCUT2D eigenvalue weighted by atomic mass is 32.2. The largest absolute Gasteiger partial charge is 0.494 e. The van der Waals surface area contributed by atoms with Gasteiger partial charge < -0.3 is 20.1 Å². The van der Waals surface area contributed by atoms with Crippen LogP contribution in [0.2, 0.25) is 0 Å². The molecule has 0 radical (unpaired) electrons. The van der Waals surface area contributed by atoms with Crippen LogP contribution in [0.15, 0.2) is 82.7 Å². The van der Waals surface area contributed by atoms with Gasteiger partial charge in [0.25, 0.3) is 11.8 Å². The second-order valence-electron chi connectivity index (χ2n) is 10.7. The highest BCUT2D eigenvalue weighted by Gasteiger charge is 2.31. The summed E-state index contributed by atoms with van der Waals surface area (Å²) in [7, 11) is -3.94. The van der Waals surface area contributed by atoms with Crippen molar-refractivity contribution < 1.29 is 27.5 Å². The quantitative estimate of drug-likeness (QED) is 0.256. The molecular formula is C32H32N4O6S2. The van der Waals surface area contributed by atoms with E-state index in [1.807, 2.05) is 24.3 Å². The summed E-state index contributed by atoms with van der Waals surface area (Å²) in [6.45, 7) is 6.69. The van der Waals surface area contributed by atoms with Gasteiger partial charge in [-0.3, -0.25) is 14.5 Å². The molecule has 44 heavy (non-hydrogen) atoms. The van der Waals surface area contributed by atoms with Crippen molar-refractivity contribution in [3.05, 3.63) is 88.9 Å². The Bertz CT molecular complexity index is 1790. The Morgan fingerprint density at radius 1 is 1.14 bits per heavy atom. The van der Waals surface area contributed by atoms with Crippen molar-refractivity contribution in [3.8, 4) is 16.3 Å². The molecule has 228 valence electrons. The molecule has 3 heterocycles. The van der Waals surface area contributed by atoms with Crippen LogP contribution >= 0.6 is 11.3 Å². The van der Waals surface area contributed by atoms with Crippen molar-refractivity contribution in [2.75, 3.05) is 38.2 Å². The molecule has 1 saturated heterocycles. The number of amides is 2. The summed E-state index contributed by atoms with van der Waals surface area (Å²) in [6, 6.07) is 18.0. The molecule has 1 fully saturated rings. The average molecular weight is 633 g/mol. The Hall–Kier alpha value is -4.10. The van der Waals surface area contributed by atoms with Gasteiger partial charge in [-0.25, -0.2) is 13.4 Å². The topological polar surface area (TPSA) is 127 Å². The van der Waals surface area contributed by atoms with Crippen LogP contribution in [0.3, 0.4) is 0 Å². The normalized spacial score (nSPS) is 17.6. The third-order valence-corrected chi connectivity index (χ3v) is 10.4. The molecule has 4 aromatic rings. The molecule has 12 heteroatoms. The molecule has 2 amide bonds. The van der Waals surface area contributed by atoms with E-state index in [1.54, 1.807) is 18.3 Å². The number of anilines is 1. The summed E-state index contributed by atoms with van der Waals surface area (Å²) < 4.78 is 37.9. The van der Waals surface area contributed by atoms with E-state index in [0.29, 0.717) is 6.61 Å². The van der Waals surface area contributed by atoms with Gasteiger partial charge >= 0.3 is 0 Å². The lowest BCUT2D eigenvalue weighted by Crippen LogP contribution is -2.41. The lowest BCUT2D eigenvalue weighted by Gasteiger charge is -2.30. The van der Waals surface area contributed by atoms with E-state index >= 15 is 0 Å². The standard InChI is InChI=1S/C32H32N4O6S2/c1-21-20-36(14-16-41-21)13-4-15-42-24-10-7-22(8-11-24)32-34-19-25(43-32)18-33-30(37)23-9-12-29-27(17-23)35-31(38)26-5-2-3-6-28(26)44(29,39)40/h2-3,5-12,17,19,21H,4,13-16,18,20H2,1H3,(H,33,37)(H,35,38)/t21-/m0/s1. The number of thiazole rings is 1. The maximum Gasteiger partial charge on any atom is 0.257 e. The maximum atomic E-state index is 13.2. The molecule has 2 N–H and O–H groups in total. The highest BCUT2D eigenvalue weighted by molar-refractivity contribution is 7.91.